The lowest BCUT2D eigenvalue weighted by Gasteiger charge is -2.33. The highest BCUT2D eigenvalue weighted by Gasteiger charge is 2.27. The number of para-hydroxylation sites is 1. The van der Waals surface area contributed by atoms with E-state index in [0.717, 1.165) is 25.2 Å². The van der Waals surface area contributed by atoms with E-state index in [1.165, 1.54) is 24.4 Å². The number of piperidine rings is 1. The Kier molecular flexibility index (Phi) is 4.51. The van der Waals surface area contributed by atoms with E-state index in [0.29, 0.717) is 19.0 Å². The van der Waals surface area contributed by atoms with Crippen LogP contribution in [0.1, 0.15) is 29.0 Å². The van der Waals surface area contributed by atoms with Crippen molar-refractivity contribution in [3.63, 3.8) is 0 Å². The number of rotatable bonds is 3. The van der Waals surface area contributed by atoms with Gasteiger partial charge in [0.1, 0.15) is 17.2 Å². The van der Waals surface area contributed by atoms with Gasteiger partial charge in [-0.15, -0.1) is 0 Å². The van der Waals surface area contributed by atoms with Gasteiger partial charge in [0.25, 0.3) is 5.91 Å². The molecule has 1 amide bonds. The molecule has 7 heteroatoms. The number of likely N-dealkylation sites (tertiary alicyclic amines) is 1. The molecule has 27 heavy (non-hydrogen) atoms. The number of pyridine rings is 1. The molecule has 1 atom stereocenters. The average molecular weight is 368 g/mol. The van der Waals surface area contributed by atoms with Crippen LogP contribution in [0.15, 0.2) is 41.6 Å². The SMILES string of the molecule is Cc1nccn1CC1CCCN(C(=O)c2c[nH]c3c(F)cccc3c2=O)C1. The summed E-state index contributed by atoms with van der Waals surface area (Å²) in [6, 6.07) is 4.30. The van der Waals surface area contributed by atoms with Crippen molar-refractivity contribution in [2.75, 3.05) is 13.1 Å². The Morgan fingerprint density at radius 2 is 2.26 bits per heavy atom. The standard InChI is InChI=1S/C20H21FN4O2/c1-13-22-7-9-24(13)11-14-4-3-8-25(12-14)20(27)16-10-23-18-15(19(16)26)5-2-6-17(18)21/h2,5-7,9-10,14H,3-4,8,11-12H2,1H3,(H,23,26). The predicted octanol–water partition coefficient (Wildman–Crippen LogP) is 2.72. The van der Waals surface area contributed by atoms with E-state index in [9.17, 15) is 14.0 Å². The molecular weight excluding hydrogens is 347 g/mol. The van der Waals surface area contributed by atoms with Crippen LogP contribution in [-0.4, -0.2) is 38.4 Å². The molecule has 6 nitrogen and oxygen atoms in total. The maximum atomic E-state index is 13.8. The minimum Gasteiger partial charge on any atom is -0.358 e. The molecule has 3 aromatic rings. The summed E-state index contributed by atoms with van der Waals surface area (Å²) in [6.07, 6.45) is 6.97. The van der Waals surface area contributed by atoms with Crippen LogP contribution < -0.4 is 5.43 Å². The molecular formula is C20H21FN4O2. The van der Waals surface area contributed by atoms with Crippen molar-refractivity contribution >= 4 is 16.8 Å². The van der Waals surface area contributed by atoms with Crippen molar-refractivity contribution in [3.05, 3.63) is 64.2 Å². The fourth-order valence-electron chi connectivity index (χ4n) is 3.82. The Hall–Kier alpha value is -2.96. The number of amides is 1. The summed E-state index contributed by atoms with van der Waals surface area (Å²) in [5.74, 6) is 0.464. The fraction of sp³-hybridized carbons (Fsp3) is 0.350. The molecule has 1 unspecified atom stereocenters. The Morgan fingerprint density at radius 3 is 3.04 bits per heavy atom. The third kappa shape index (κ3) is 3.25. The number of imidazole rings is 1. The van der Waals surface area contributed by atoms with Crippen LogP contribution in [0, 0.1) is 18.7 Å². The minimum atomic E-state index is -0.502. The number of nitrogens with one attached hydrogen (secondary N) is 1. The molecule has 0 aliphatic carbocycles. The van der Waals surface area contributed by atoms with Crippen LogP contribution in [0.25, 0.3) is 10.9 Å². The summed E-state index contributed by atoms with van der Waals surface area (Å²) >= 11 is 0. The molecule has 0 spiro atoms. The molecule has 1 saturated heterocycles. The highest BCUT2D eigenvalue weighted by atomic mass is 19.1. The van der Waals surface area contributed by atoms with E-state index in [1.807, 2.05) is 13.1 Å². The van der Waals surface area contributed by atoms with Gasteiger partial charge >= 0.3 is 0 Å². The zero-order valence-electron chi connectivity index (χ0n) is 15.1. The molecule has 1 N–H and O–H groups in total. The normalized spacial score (nSPS) is 17.4. The van der Waals surface area contributed by atoms with Gasteiger partial charge in [-0.05, 0) is 37.8 Å². The zero-order valence-corrected chi connectivity index (χ0v) is 15.1. The first-order valence-corrected chi connectivity index (χ1v) is 9.11. The van der Waals surface area contributed by atoms with Crippen LogP contribution in [0.2, 0.25) is 0 Å². The van der Waals surface area contributed by atoms with Gasteiger partial charge in [-0.25, -0.2) is 9.37 Å². The second kappa shape index (κ2) is 6.98. The number of fused-ring (bicyclic) bond motifs is 1. The first-order valence-electron chi connectivity index (χ1n) is 9.11. The first kappa shape index (κ1) is 17.5. The number of carbonyl (C=O) groups is 1. The zero-order chi connectivity index (χ0) is 19.0. The number of halogens is 1. The van der Waals surface area contributed by atoms with Crippen molar-refractivity contribution in [2.24, 2.45) is 5.92 Å². The maximum absolute atomic E-state index is 13.8. The second-order valence-electron chi connectivity index (χ2n) is 7.08. The second-order valence-corrected chi connectivity index (χ2v) is 7.08. The first-order chi connectivity index (χ1) is 13.0. The van der Waals surface area contributed by atoms with Gasteiger partial charge in [-0.3, -0.25) is 9.59 Å². The van der Waals surface area contributed by atoms with Crippen molar-refractivity contribution in [1.29, 1.82) is 0 Å². The van der Waals surface area contributed by atoms with Crippen LogP contribution in [-0.2, 0) is 6.54 Å². The third-order valence-electron chi connectivity index (χ3n) is 5.28. The Bertz CT molecular complexity index is 1060. The van der Waals surface area contributed by atoms with Crippen molar-refractivity contribution in [1.82, 2.24) is 19.4 Å². The van der Waals surface area contributed by atoms with Gasteiger partial charge < -0.3 is 14.5 Å². The van der Waals surface area contributed by atoms with E-state index < -0.39 is 11.2 Å². The third-order valence-corrected chi connectivity index (χ3v) is 5.28. The number of H-pyrrole nitrogens is 1. The summed E-state index contributed by atoms with van der Waals surface area (Å²) in [4.78, 5) is 34.4. The molecule has 2 aromatic heterocycles. The molecule has 140 valence electrons. The van der Waals surface area contributed by atoms with E-state index in [2.05, 4.69) is 14.5 Å². The van der Waals surface area contributed by atoms with E-state index in [4.69, 9.17) is 0 Å². The number of hydrogen-bond donors (Lipinski definition) is 1. The number of carbonyl (C=O) groups excluding carboxylic acids is 1. The highest BCUT2D eigenvalue weighted by Crippen LogP contribution is 2.21. The summed E-state index contributed by atoms with van der Waals surface area (Å²) in [5, 5.41) is 0.198. The van der Waals surface area contributed by atoms with Crippen molar-refractivity contribution in [2.45, 2.75) is 26.3 Å². The van der Waals surface area contributed by atoms with Gasteiger partial charge in [0.15, 0.2) is 0 Å². The molecule has 0 bridgehead atoms. The monoisotopic (exact) mass is 368 g/mol. The number of aryl methyl sites for hydroxylation is 1. The van der Waals surface area contributed by atoms with Crippen molar-refractivity contribution < 1.29 is 9.18 Å². The lowest BCUT2D eigenvalue weighted by molar-refractivity contribution is 0.0660. The average Bonchev–Trinajstić information content (AvgIpc) is 3.07. The highest BCUT2D eigenvalue weighted by molar-refractivity contribution is 5.97. The van der Waals surface area contributed by atoms with E-state index in [1.54, 1.807) is 11.1 Å². The summed E-state index contributed by atoms with van der Waals surface area (Å²) < 4.78 is 15.9. The molecule has 1 aliphatic rings. The van der Waals surface area contributed by atoms with Gasteiger partial charge in [0.05, 0.1) is 5.52 Å². The predicted molar refractivity (Wildman–Crippen MR) is 100 cm³/mol. The topological polar surface area (TPSA) is 71.0 Å². The number of nitrogens with zero attached hydrogens (tertiary/aromatic N) is 3. The molecule has 3 heterocycles. The minimum absolute atomic E-state index is 0.0626. The van der Waals surface area contributed by atoms with Crippen molar-refractivity contribution in [3.8, 4) is 0 Å². The summed E-state index contributed by atoms with van der Waals surface area (Å²) in [7, 11) is 0. The largest absolute Gasteiger partial charge is 0.358 e. The summed E-state index contributed by atoms with van der Waals surface area (Å²) in [5.41, 5.74) is -0.237. The van der Waals surface area contributed by atoms with Gasteiger partial charge in [-0.1, -0.05) is 6.07 Å². The number of hydrogen-bond acceptors (Lipinski definition) is 3. The van der Waals surface area contributed by atoms with Crippen LogP contribution in [0.3, 0.4) is 0 Å². The molecule has 0 saturated carbocycles. The van der Waals surface area contributed by atoms with E-state index >= 15 is 0 Å². The van der Waals surface area contributed by atoms with Crippen LogP contribution >= 0.6 is 0 Å². The smallest absolute Gasteiger partial charge is 0.259 e. The fourth-order valence-corrected chi connectivity index (χ4v) is 3.82. The number of benzene rings is 1. The quantitative estimate of drug-likeness (QED) is 0.773. The summed E-state index contributed by atoms with van der Waals surface area (Å²) in [6.45, 7) is 3.98. The number of aromatic nitrogens is 3. The molecule has 0 radical (unpaired) electrons. The lowest BCUT2D eigenvalue weighted by Crippen LogP contribution is -2.42. The van der Waals surface area contributed by atoms with E-state index in [-0.39, 0.29) is 22.4 Å². The van der Waals surface area contributed by atoms with Crippen LogP contribution in [0.4, 0.5) is 4.39 Å². The van der Waals surface area contributed by atoms with Gasteiger partial charge in [0.2, 0.25) is 5.43 Å². The number of aromatic amines is 1. The lowest BCUT2D eigenvalue weighted by atomic mass is 9.97. The Labute approximate surface area is 155 Å². The van der Waals surface area contributed by atoms with Crippen LogP contribution in [0.5, 0.6) is 0 Å². The maximum Gasteiger partial charge on any atom is 0.259 e. The van der Waals surface area contributed by atoms with Gasteiger partial charge in [-0.2, -0.15) is 0 Å². The Morgan fingerprint density at radius 1 is 1.41 bits per heavy atom. The molecule has 1 aromatic carbocycles. The molecule has 4 rings (SSSR count). The Balaban J connectivity index is 1.57. The molecule has 1 aliphatic heterocycles. The van der Waals surface area contributed by atoms with Gasteiger partial charge in [0, 0.05) is 43.6 Å². The molecule has 1 fully saturated rings.